The number of nitrogens with zero attached hydrogens (tertiary/aromatic N) is 1. The van der Waals surface area contributed by atoms with Gasteiger partial charge < -0.3 is 10.1 Å². The molecular weight excluding hydrogens is 383 g/mol. The minimum atomic E-state index is -5.71. The minimum Gasteiger partial charge on any atom is -0.406 e. The molecule has 0 aliphatic heterocycles. The van der Waals surface area contributed by atoms with Gasteiger partial charge in [0, 0.05) is 0 Å². The van der Waals surface area contributed by atoms with Crippen molar-refractivity contribution in [1.82, 2.24) is 0 Å². The van der Waals surface area contributed by atoms with E-state index in [1.165, 1.54) is 0 Å². The molecule has 0 aliphatic rings. The van der Waals surface area contributed by atoms with Crippen molar-refractivity contribution in [2.24, 2.45) is 0 Å². The molecule has 0 heterocycles. The predicted octanol–water partition coefficient (Wildman–Crippen LogP) is 4.01. The molecule has 0 aliphatic carbocycles. The number of alkyl halides is 9. The lowest BCUT2D eigenvalue weighted by molar-refractivity contribution is -0.384. The summed E-state index contributed by atoms with van der Waals surface area (Å²) in [7, 11) is 0. The average molecular weight is 386 g/mol. The standard InChI is InChI=1S/C10H3F9N2O4/c11-8(12,13)4-1-3(25-10(17,18)19)2-5(21(23)24)6(4)20-7(22)9(14,15)16/h1-2H,(H,20,22). The van der Waals surface area contributed by atoms with Crippen molar-refractivity contribution in [3.05, 3.63) is 27.8 Å². The Labute approximate surface area is 130 Å². The van der Waals surface area contributed by atoms with Gasteiger partial charge in [-0.3, -0.25) is 14.9 Å². The first-order chi connectivity index (χ1) is 11.0. The zero-order chi connectivity index (χ0) is 19.8. The number of nitrogens with one attached hydrogen (secondary N) is 1. The van der Waals surface area contributed by atoms with Crippen LogP contribution in [0.2, 0.25) is 0 Å². The molecule has 0 unspecified atom stereocenters. The van der Waals surface area contributed by atoms with Crippen LogP contribution in [0, 0.1) is 10.1 Å². The first-order valence-electron chi connectivity index (χ1n) is 5.56. The molecule has 15 heteroatoms. The third kappa shape index (κ3) is 5.39. The van der Waals surface area contributed by atoms with Gasteiger partial charge in [0.2, 0.25) is 0 Å². The summed E-state index contributed by atoms with van der Waals surface area (Å²) in [6.07, 6.45) is -16.9. The minimum absolute atomic E-state index is 0.214. The number of rotatable bonds is 3. The SMILES string of the molecule is O=C(Nc1c([N+](=O)[O-])cc(OC(F)(F)F)cc1C(F)(F)F)C(F)(F)F. The third-order valence-electron chi connectivity index (χ3n) is 2.32. The van der Waals surface area contributed by atoms with E-state index in [1.807, 2.05) is 0 Å². The van der Waals surface area contributed by atoms with Gasteiger partial charge in [-0.2, -0.15) is 26.3 Å². The number of halogens is 9. The van der Waals surface area contributed by atoms with Crippen molar-refractivity contribution < 1.29 is 54.0 Å². The number of carbonyl (C=O) groups excluding carboxylic acids is 1. The third-order valence-corrected chi connectivity index (χ3v) is 2.32. The Bertz CT molecular complexity index is 693. The largest absolute Gasteiger partial charge is 0.573 e. The van der Waals surface area contributed by atoms with Crippen LogP contribution in [0.3, 0.4) is 0 Å². The molecule has 1 aromatic rings. The lowest BCUT2D eigenvalue weighted by Crippen LogP contribution is -2.31. The Morgan fingerprint density at radius 1 is 1.04 bits per heavy atom. The maximum atomic E-state index is 12.9. The molecule has 0 saturated heterocycles. The molecule has 25 heavy (non-hydrogen) atoms. The predicted molar refractivity (Wildman–Crippen MR) is 59.5 cm³/mol. The monoisotopic (exact) mass is 386 g/mol. The summed E-state index contributed by atoms with van der Waals surface area (Å²) in [5.41, 5.74) is -6.19. The fourth-order valence-corrected chi connectivity index (χ4v) is 1.48. The topological polar surface area (TPSA) is 81.5 Å². The van der Waals surface area contributed by atoms with Crippen molar-refractivity contribution in [3.8, 4) is 5.75 Å². The summed E-state index contributed by atoms with van der Waals surface area (Å²) in [6.45, 7) is 0. The van der Waals surface area contributed by atoms with Crippen LogP contribution in [0.25, 0.3) is 0 Å². The summed E-state index contributed by atoms with van der Waals surface area (Å²) in [6, 6.07) is -0.652. The molecule has 0 spiro atoms. The molecular formula is C10H3F9N2O4. The van der Waals surface area contributed by atoms with Crippen molar-refractivity contribution in [2.75, 3.05) is 5.32 Å². The maximum absolute atomic E-state index is 12.9. The van der Waals surface area contributed by atoms with Gasteiger partial charge in [0.1, 0.15) is 11.4 Å². The van der Waals surface area contributed by atoms with Crippen LogP contribution in [0.15, 0.2) is 12.1 Å². The zero-order valence-electron chi connectivity index (χ0n) is 11.1. The van der Waals surface area contributed by atoms with Crippen molar-refractivity contribution in [3.63, 3.8) is 0 Å². The highest BCUT2D eigenvalue weighted by molar-refractivity contribution is 5.98. The van der Waals surface area contributed by atoms with Crippen LogP contribution >= 0.6 is 0 Å². The molecule has 0 radical (unpaired) electrons. The van der Waals surface area contributed by atoms with Crippen molar-refractivity contribution in [2.45, 2.75) is 18.7 Å². The number of carbonyl (C=O) groups is 1. The van der Waals surface area contributed by atoms with Crippen LogP contribution < -0.4 is 10.1 Å². The zero-order valence-corrected chi connectivity index (χ0v) is 11.1. The summed E-state index contributed by atoms with van der Waals surface area (Å²) in [4.78, 5) is 19.8. The number of amides is 1. The fraction of sp³-hybridized carbons (Fsp3) is 0.300. The number of ether oxygens (including phenoxy) is 1. The maximum Gasteiger partial charge on any atom is 0.573 e. The van der Waals surface area contributed by atoms with Crippen LogP contribution in [0.4, 0.5) is 50.9 Å². The van der Waals surface area contributed by atoms with E-state index in [1.54, 1.807) is 0 Å². The van der Waals surface area contributed by atoms with Gasteiger partial charge >= 0.3 is 24.6 Å². The summed E-state index contributed by atoms with van der Waals surface area (Å²) < 4.78 is 114. The number of hydrogen-bond acceptors (Lipinski definition) is 4. The fourth-order valence-electron chi connectivity index (χ4n) is 1.48. The lowest BCUT2D eigenvalue weighted by atomic mass is 10.1. The molecule has 0 saturated carbocycles. The van der Waals surface area contributed by atoms with E-state index in [0.29, 0.717) is 5.32 Å². The van der Waals surface area contributed by atoms with Gasteiger partial charge in [-0.25, -0.2) is 0 Å². The number of nitro groups is 1. The van der Waals surface area contributed by atoms with E-state index < -0.39 is 58.3 Å². The molecule has 6 nitrogen and oxygen atoms in total. The second kappa shape index (κ2) is 6.29. The summed E-state index contributed by atoms with van der Waals surface area (Å²) >= 11 is 0. The Hall–Kier alpha value is -2.74. The van der Waals surface area contributed by atoms with Gasteiger partial charge in [-0.05, 0) is 6.07 Å². The molecule has 0 fully saturated rings. The van der Waals surface area contributed by atoms with Gasteiger partial charge in [-0.15, -0.1) is 13.2 Å². The Balaban J connectivity index is 3.62. The van der Waals surface area contributed by atoms with Crippen LogP contribution in [0.1, 0.15) is 5.56 Å². The number of nitro benzene ring substituents is 1. The molecule has 1 aromatic carbocycles. The molecule has 1 rings (SSSR count). The van der Waals surface area contributed by atoms with Crippen molar-refractivity contribution >= 4 is 17.3 Å². The van der Waals surface area contributed by atoms with E-state index in [-0.39, 0.29) is 6.07 Å². The molecule has 0 aromatic heterocycles. The average Bonchev–Trinajstić information content (AvgIpc) is 2.35. The van der Waals surface area contributed by atoms with Gasteiger partial charge in [0.05, 0.1) is 16.6 Å². The van der Waals surface area contributed by atoms with Gasteiger partial charge in [0.25, 0.3) is 5.69 Å². The first kappa shape index (κ1) is 20.3. The second-order valence-electron chi connectivity index (χ2n) is 4.12. The highest BCUT2D eigenvalue weighted by Gasteiger charge is 2.44. The second-order valence-corrected chi connectivity index (χ2v) is 4.12. The first-order valence-corrected chi connectivity index (χ1v) is 5.56. The van der Waals surface area contributed by atoms with E-state index in [0.717, 1.165) is 0 Å². The molecule has 140 valence electrons. The molecule has 0 bridgehead atoms. The lowest BCUT2D eigenvalue weighted by Gasteiger charge is -2.17. The number of anilines is 1. The van der Waals surface area contributed by atoms with Crippen LogP contribution in [0.5, 0.6) is 5.75 Å². The van der Waals surface area contributed by atoms with Gasteiger partial charge in [0.15, 0.2) is 0 Å². The van der Waals surface area contributed by atoms with E-state index in [2.05, 4.69) is 4.74 Å². The molecule has 1 amide bonds. The smallest absolute Gasteiger partial charge is 0.406 e. The van der Waals surface area contributed by atoms with Crippen LogP contribution in [-0.4, -0.2) is 23.4 Å². The normalized spacial score (nSPS) is 12.7. The van der Waals surface area contributed by atoms with Crippen molar-refractivity contribution in [1.29, 1.82) is 0 Å². The molecule has 0 atom stereocenters. The quantitative estimate of drug-likeness (QED) is 0.484. The van der Waals surface area contributed by atoms with E-state index >= 15 is 0 Å². The Morgan fingerprint density at radius 2 is 1.56 bits per heavy atom. The Kier molecular flexibility index (Phi) is 5.11. The van der Waals surface area contributed by atoms with E-state index in [9.17, 15) is 54.4 Å². The number of benzene rings is 1. The van der Waals surface area contributed by atoms with Gasteiger partial charge in [-0.1, -0.05) is 0 Å². The number of hydrogen-bond donors (Lipinski definition) is 1. The van der Waals surface area contributed by atoms with E-state index in [4.69, 9.17) is 0 Å². The molecule has 1 N–H and O–H groups in total. The summed E-state index contributed by atoms with van der Waals surface area (Å²) in [5, 5.41) is 11.4. The highest BCUT2D eigenvalue weighted by Crippen LogP contribution is 2.44. The summed E-state index contributed by atoms with van der Waals surface area (Å²) in [5.74, 6) is -4.71. The highest BCUT2D eigenvalue weighted by atomic mass is 19.4. The Morgan fingerprint density at radius 3 is 1.92 bits per heavy atom. The van der Waals surface area contributed by atoms with Crippen LogP contribution in [-0.2, 0) is 11.0 Å².